The van der Waals surface area contributed by atoms with Crippen molar-refractivity contribution in [2.75, 3.05) is 6.61 Å². The highest BCUT2D eigenvalue weighted by atomic mass is 19.4. The molecule has 4 aromatic carbocycles. The summed E-state index contributed by atoms with van der Waals surface area (Å²) in [7, 11) is 0. The lowest BCUT2D eigenvalue weighted by Gasteiger charge is -2.14. The molecule has 5 rings (SSSR count). The summed E-state index contributed by atoms with van der Waals surface area (Å²) in [6, 6.07) is 20.7. The molecule has 9 heteroatoms. The van der Waals surface area contributed by atoms with Crippen LogP contribution in [0, 0.1) is 13.8 Å². The third-order valence-electron chi connectivity index (χ3n) is 6.09. The molecule has 0 amide bonds. The Morgan fingerprint density at radius 3 is 2.28 bits per heavy atom. The summed E-state index contributed by atoms with van der Waals surface area (Å²) in [6.45, 7) is 3.40. The van der Waals surface area contributed by atoms with Gasteiger partial charge in [0.2, 0.25) is 11.2 Å². The van der Waals surface area contributed by atoms with Gasteiger partial charge in [-0.3, -0.25) is 4.79 Å². The summed E-state index contributed by atoms with van der Waals surface area (Å²) < 4.78 is 62.9. The van der Waals surface area contributed by atoms with Crippen molar-refractivity contribution in [3.05, 3.63) is 106 Å². The van der Waals surface area contributed by atoms with Gasteiger partial charge in [-0.15, -0.1) is 0 Å². The Bertz CT molecular complexity index is 1770. The minimum Gasteiger partial charge on any atom is -0.482 e. The smallest absolute Gasteiger partial charge is 0.453 e. The molecule has 0 N–H and O–H groups in total. The van der Waals surface area contributed by atoms with Gasteiger partial charge in [-0.25, -0.2) is 4.79 Å². The second-order valence-corrected chi connectivity index (χ2v) is 8.86. The number of hydrogen-bond acceptors (Lipinski definition) is 6. The van der Waals surface area contributed by atoms with E-state index in [0.29, 0.717) is 5.75 Å². The zero-order valence-electron chi connectivity index (χ0n) is 20.8. The van der Waals surface area contributed by atoms with Gasteiger partial charge in [-0.1, -0.05) is 36.4 Å². The molecule has 0 saturated carbocycles. The van der Waals surface area contributed by atoms with Crippen molar-refractivity contribution in [2.45, 2.75) is 20.0 Å². The number of carbonyl (C=O) groups excluding carboxylic acids is 1. The Balaban J connectivity index is 1.42. The number of benzene rings is 4. The van der Waals surface area contributed by atoms with Crippen molar-refractivity contribution >= 4 is 27.7 Å². The van der Waals surface area contributed by atoms with Gasteiger partial charge < -0.3 is 18.6 Å². The molecule has 0 spiro atoms. The maximum atomic E-state index is 13.9. The third-order valence-corrected chi connectivity index (χ3v) is 6.09. The Kier molecular flexibility index (Phi) is 6.74. The largest absolute Gasteiger partial charge is 0.482 e. The van der Waals surface area contributed by atoms with Crippen LogP contribution in [0.3, 0.4) is 0 Å². The van der Waals surface area contributed by atoms with Crippen LogP contribution in [0.15, 0.2) is 88.1 Å². The van der Waals surface area contributed by atoms with E-state index in [4.69, 9.17) is 18.6 Å². The summed E-state index contributed by atoms with van der Waals surface area (Å²) in [5.41, 5.74) is 0.604. The standard InChI is InChI=1S/C30H21F3O6/c1-17-7-9-21(13-18(17)2)36-16-26(34)37-23-11-12-24-25(15-23)39-29(30(31,32)33)28(27(24)35)38-22-10-8-19-5-3-4-6-20(19)14-22/h3-15H,16H2,1-2H3. The summed E-state index contributed by atoms with van der Waals surface area (Å²) in [6.07, 6.45) is -5.04. The summed E-state index contributed by atoms with van der Waals surface area (Å²) in [5, 5.41) is 1.40. The molecule has 0 bridgehead atoms. The number of hydrogen-bond donors (Lipinski definition) is 0. The highest BCUT2D eigenvalue weighted by Crippen LogP contribution is 2.39. The fourth-order valence-electron chi connectivity index (χ4n) is 3.95. The SMILES string of the molecule is Cc1ccc(OCC(=O)Oc2ccc3c(=O)c(Oc4ccc5ccccc5c4)c(C(F)(F)F)oc3c2)cc1C. The fourth-order valence-corrected chi connectivity index (χ4v) is 3.95. The lowest BCUT2D eigenvalue weighted by atomic mass is 10.1. The Morgan fingerprint density at radius 2 is 1.54 bits per heavy atom. The van der Waals surface area contributed by atoms with Gasteiger partial charge in [-0.05, 0) is 72.1 Å². The van der Waals surface area contributed by atoms with E-state index in [1.54, 1.807) is 30.3 Å². The molecule has 0 radical (unpaired) electrons. The molecule has 5 aromatic rings. The first-order chi connectivity index (χ1) is 18.6. The molecule has 0 fully saturated rings. The summed E-state index contributed by atoms with van der Waals surface area (Å²) >= 11 is 0. The highest BCUT2D eigenvalue weighted by Gasteiger charge is 2.40. The van der Waals surface area contributed by atoms with E-state index in [0.717, 1.165) is 28.0 Å². The van der Waals surface area contributed by atoms with Crippen molar-refractivity contribution in [3.63, 3.8) is 0 Å². The Morgan fingerprint density at radius 1 is 0.821 bits per heavy atom. The van der Waals surface area contributed by atoms with Gasteiger partial charge >= 0.3 is 12.1 Å². The van der Waals surface area contributed by atoms with Crippen LogP contribution in [0.1, 0.15) is 16.9 Å². The normalized spacial score (nSPS) is 11.5. The van der Waals surface area contributed by atoms with Crippen molar-refractivity contribution < 1.29 is 36.6 Å². The maximum absolute atomic E-state index is 13.9. The van der Waals surface area contributed by atoms with Crippen molar-refractivity contribution in [2.24, 2.45) is 0 Å². The van der Waals surface area contributed by atoms with E-state index >= 15 is 0 Å². The molecule has 0 unspecified atom stereocenters. The van der Waals surface area contributed by atoms with Crippen molar-refractivity contribution in [1.29, 1.82) is 0 Å². The van der Waals surface area contributed by atoms with Gasteiger partial charge in [0.15, 0.2) is 6.61 Å². The lowest BCUT2D eigenvalue weighted by Crippen LogP contribution is -2.18. The molecule has 198 valence electrons. The van der Waals surface area contributed by atoms with E-state index in [9.17, 15) is 22.8 Å². The summed E-state index contributed by atoms with van der Waals surface area (Å²) in [4.78, 5) is 25.4. The molecule has 1 aromatic heterocycles. The van der Waals surface area contributed by atoms with E-state index in [1.165, 1.54) is 24.3 Å². The van der Waals surface area contributed by atoms with Crippen LogP contribution in [0.5, 0.6) is 23.0 Å². The van der Waals surface area contributed by atoms with Gasteiger partial charge in [0.1, 0.15) is 22.8 Å². The number of carbonyl (C=O) groups is 1. The number of alkyl halides is 3. The number of ether oxygens (including phenoxy) is 3. The number of halogens is 3. The zero-order valence-corrected chi connectivity index (χ0v) is 20.8. The molecule has 6 nitrogen and oxygen atoms in total. The second kappa shape index (κ2) is 10.2. The van der Waals surface area contributed by atoms with Crippen LogP contribution < -0.4 is 19.6 Å². The molecular weight excluding hydrogens is 513 g/mol. The number of rotatable bonds is 6. The van der Waals surface area contributed by atoms with Gasteiger partial charge in [0, 0.05) is 6.07 Å². The van der Waals surface area contributed by atoms with Crippen LogP contribution in [-0.2, 0) is 11.0 Å². The molecule has 0 aliphatic heterocycles. The van der Waals surface area contributed by atoms with Crippen LogP contribution in [-0.4, -0.2) is 12.6 Å². The molecule has 0 aliphatic carbocycles. The van der Waals surface area contributed by atoms with Gasteiger partial charge in [-0.2, -0.15) is 13.2 Å². The molecule has 39 heavy (non-hydrogen) atoms. The van der Waals surface area contributed by atoms with Crippen LogP contribution >= 0.6 is 0 Å². The molecule has 0 saturated heterocycles. The molecular formula is C30H21F3O6. The second-order valence-electron chi connectivity index (χ2n) is 8.86. The monoisotopic (exact) mass is 534 g/mol. The van der Waals surface area contributed by atoms with Gasteiger partial charge in [0.25, 0.3) is 5.76 Å². The van der Waals surface area contributed by atoms with Crippen molar-refractivity contribution in [3.8, 4) is 23.0 Å². The van der Waals surface area contributed by atoms with Crippen molar-refractivity contribution in [1.82, 2.24) is 0 Å². The predicted octanol–water partition coefficient (Wildman–Crippen LogP) is 7.36. The maximum Gasteiger partial charge on any atom is 0.453 e. The first-order valence-corrected chi connectivity index (χ1v) is 11.8. The Labute approximate surface area is 220 Å². The van der Waals surface area contributed by atoms with E-state index in [-0.39, 0.29) is 16.9 Å². The van der Waals surface area contributed by atoms with E-state index in [2.05, 4.69) is 0 Å². The van der Waals surface area contributed by atoms with E-state index in [1.807, 2.05) is 32.0 Å². The van der Waals surface area contributed by atoms with Crippen LogP contribution in [0.2, 0.25) is 0 Å². The highest BCUT2D eigenvalue weighted by molar-refractivity contribution is 5.84. The topological polar surface area (TPSA) is 75.0 Å². The lowest BCUT2D eigenvalue weighted by molar-refractivity contribution is -0.154. The first-order valence-electron chi connectivity index (χ1n) is 11.8. The van der Waals surface area contributed by atoms with E-state index < -0.39 is 41.3 Å². The van der Waals surface area contributed by atoms with Crippen LogP contribution in [0.4, 0.5) is 13.2 Å². The Hall–Kier alpha value is -4.79. The molecule has 1 heterocycles. The number of aryl methyl sites for hydroxylation is 2. The summed E-state index contributed by atoms with van der Waals surface area (Å²) in [5.74, 6) is -2.99. The minimum atomic E-state index is -5.04. The molecule has 0 atom stereocenters. The third kappa shape index (κ3) is 5.57. The number of fused-ring (bicyclic) bond motifs is 2. The van der Waals surface area contributed by atoms with Crippen LogP contribution in [0.25, 0.3) is 21.7 Å². The number of esters is 1. The quantitative estimate of drug-likeness (QED) is 0.167. The predicted molar refractivity (Wildman–Crippen MR) is 139 cm³/mol. The minimum absolute atomic E-state index is 0.0418. The fraction of sp³-hybridized carbons (Fsp3) is 0.133. The average molecular weight is 534 g/mol. The van der Waals surface area contributed by atoms with Gasteiger partial charge in [0.05, 0.1) is 5.39 Å². The average Bonchev–Trinajstić information content (AvgIpc) is 2.90. The molecule has 0 aliphatic rings. The zero-order chi connectivity index (χ0) is 27.7. The first kappa shape index (κ1) is 25.8.